The van der Waals surface area contributed by atoms with Gasteiger partial charge in [-0.3, -0.25) is 0 Å². The molecule has 0 saturated heterocycles. The second kappa shape index (κ2) is 7.83. The van der Waals surface area contributed by atoms with Crippen molar-refractivity contribution in [1.29, 1.82) is 5.26 Å². The van der Waals surface area contributed by atoms with Crippen LogP contribution in [0.5, 0.6) is 0 Å². The summed E-state index contributed by atoms with van der Waals surface area (Å²) >= 11 is 0. The molecule has 0 saturated carbocycles. The normalized spacial score (nSPS) is 12.8. The van der Waals surface area contributed by atoms with E-state index < -0.39 is 5.97 Å². The standard InChI is InChI=1S/C10H15NO4/c1-4-15-10(12)9(5-11)7-14-6-8(2)13-3/h7-8H,4,6H2,1-3H3/b9-7+. The number of nitrogens with zero attached hydrogens (tertiary/aromatic N) is 1. The lowest BCUT2D eigenvalue weighted by molar-refractivity contribution is -0.138. The quantitative estimate of drug-likeness (QED) is 0.285. The van der Waals surface area contributed by atoms with Gasteiger partial charge in [0.05, 0.1) is 12.7 Å². The highest BCUT2D eigenvalue weighted by molar-refractivity contribution is 5.92. The van der Waals surface area contributed by atoms with Gasteiger partial charge in [-0.15, -0.1) is 0 Å². The molecule has 0 rings (SSSR count). The molecule has 0 aliphatic heterocycles. The van der Waals surface area contributed by atoms with Crippen molar-refractivity contribution in [3.05, 3.63) is 11.8 Å². The summed E-state index contributed by atoms with van der Waals surface area (Å²) in [4.78, 5) is 11.1. The topological polar surface area (TPSA) is 68.6 Å². The van der Waals surface area contributed by atoms with E-state index in [4.69, 9.17) is 14.7 Å². The molecule has 1 unspecified atom stereocenters. The molecule has 5 nitrogen and oxygen atoms in total. The Morgan fingerprint density at radius 1 is 1.60 bits per heavy atom. The van der Waals surface area contributed by atoms with Crippen molar-refractivity contribution in [2.45, 2.75) is 20.0 Å². The van der Waals surface area contributed by atoms with Crippen LogP contribution in [-0.4, -0.2) is 32.4 Å². The maximum Gasteiger partial charge on any atom is 0.352 e. The Hall–Kier alpha value is -1.54. The minimum atomic E-state index is -0.676. The molecule has 84 valence electrons. The first kappa shape index (κ1) is 13.5. The molecule has 15 heavy (non-hydrogen) atoms. The van der Waals surface area contributed by atoms with Crippen molar-refractivity contribution in [1.82, 2.24) is 0 Å². The van der Waals surface area contributed by atoms with Crippen molar-refractivity contribution in [2.75, 3.05) is 20.3 Å². The second-order valence-corrected chi connectivity index (χ2v) is 2.74. The van der Waals surface area contributed by atoms with Crippen LogP contribution in [0.25, 0.3) is 0 Å². The first-order chi connectivity index (χ1) is 7.15. The maximum atomic E-state index is 11.1. The molecule has 0 bridgehead atoms. The summed E-state index contributed by atoms with van der Waals surface area (Å²) in [5.41, 5.74) is -0.153. The number of carbonyl (C=O) groups excluding carboxylic acids is 1. The number of rotatable bonds is 6. The van der Waals surface area contributed by atoms with Crippen molar-refractivity contribution in [3.8, 4) is 6.07 Å². The Morgan fingerprint density at radius 2 is 2.27 bits per heavy atom. The number of methoxy groups -OCH3 is 1. The van der Waals surface area contributed by atoms with Crippen LogP contribution in [0.1, 0.15) is 13.8 Å². The largest absolute Gasteiger partial charge is 0.497 e. The fourth-order valence-electron chi connectivity index (χ4n) is 0.664. The Balaban J connectivity index is 4.12. The predicted molar refractivity (Wildman–Crippen MR) is 52.8 cm³/mol. The molecule has 1 atom stereocenters. The van der Waals surface area contributed by atoms with Gasteiger partial charge in [-0.25, -0.2) is 4.79 Å². The van der Waals surface area contributed by atoms with Crippen LogP contribution in [0.4, 0.5) is 0 Å². The van der Waals surface area contributed by atoms with Crippen LogP contribution < -0.4 is 0 Å². The lowest BCUT2D eigenvalue weighted by atomic mass is 10.3. The molecule has 0 aromatic carbocycles. The zero-order valence-corrected chi connectivity index (χ0v) is 9.15. The Labute approximate surface area is 89.2 Å². The monoisotopic (exact) mass is 213 g/mol. The average molecular weight is 213 g/mol. The van der Waals surface area contributed by atoms with Crippen molar-refractivity contribution >= 4 is 5.97 Å². The highest BCUT2D eigenvalue weighted by Gasteiger charge is 2.10. The molecule has 0 heterocycles. The van der Waals surface area contributed by atoms with Crippen molar-refractivity contribution in [3.63, 3.8) is 0 Å². The van der Waals surface area contributed by atoms with Gasteiger partial charge >= 0.3 is 5.97 Å². The molecule has 0 aliphatic carbocycles. The molecule has 0 amide bonds. The van der Waals surface area contributed by atoms with Gasteiger partial charge < -0.3 is 14.2 Å². The highest BCUT2D eigenvalue weighted by atomic mass is 16.5. The van der Waals surface area contributed by atoms with Crippen LogP contribution >= 0.6 is 0 Å². The summed E-state index contributed by atoms with van der Waals surface area (Å²) in [6.45, 7) is 3.98. The van der Waals surface area contributed by atoms with Gasteiger partial charge in [0.25, 0.3) is 0 Å². The number of hydrogen-bond donors (Lipinski definition) is 0. The minimum absolute atomic E-state index is 0.0941. The Morgan fingerprint density at radius 3 is 2.73 bits per heavy atom. The smallest absolute Gasteiger partial charge is 0.352 e. The third-order valence-corrected chi connectivity index (χ3v) is 1.55. The Bertz CT molecular complexity index is 267. The first-order valence-electron chi connectivity index (χ1n) is 4.57. The summed E-state index contributed by atoms with van der Waals surface area (Å²) in [5.74, 6) is -0.676. The van der Waals surface area contributed by atoms with Crippen LogP contribution in [0.2, 0.25) is 0 Å². The summed E-state index contributed by atoms with van der Waals surface area (Å²) in [6.07, 6.45) is 0.997. The van der Waals surface area contributed by atoms with E-state index in [2.05, 4.69) is 4.74 Å². The molecular weight excluding hydrogens is 198 g/mol. The lowest BCUT2D eigenvalue weighted by Crippen LogP contribution is -2.13. The third kappa shape index (κ3) is 5.70. The van der Waals surface area contributed by atoms with E-state index in [9.17, 15) is 4.79 Å². The molecule has 5 heteroatoms. The van der Waals surface area contributed by atoms with Gasteiger partial charge in [-0.05, 0) is 13.8 Å². The minimum Gasteiger partial charge on any atom is -0.497 e. The van der Waals surface area contributed by atoms with Gasteiger partial charge in [0.2, 0.25) is 0 Å². The molecule has 0 radical (unpaired) electrons. The van der Waals surface area contributed by atoms with E-state index >= 15 is 0 Å². The van der Waals surface area contributed by atoms with Crippen LogP contribution in [0.15, 0.2) is 11.8 Å². The van der Waals surface area contributed by atoms with E-state index in [-0.39, 0.29) is 24.9 Å². The van der Waals surface area contributed by atoms with Crippen molar-refractivity contribution < 1.29 is 19.0 Å². The molecule has 0 aromatic heterocycles. The van der Waals surface area contributed by atoms with Crippen LogP contribution in [-0.2, 0) is 19.0 Å². The molecule has 0 spiro atoms. The van der Waals surface area contributed by atoms with Crippen LogP contribution in [0.3, 0.4) is 0 Å². The fourth-order valence-corrected chi connectivity index (χ4v) is 0.664. The average Bonchev–Trinajstić information content (AvgIpc) is 2.24. The molecule has 0 aromatic rings. The summed E-state index contributed by atoms with van der Waals surface area (Å²) in [6, 6.07) is 1.70. The van der Waals surface area contributed by atoms with E-state index in [1.807, 2.05) is 6.92 Å². The first-order valence-corrected chi connectivity index (χ1v) is 4.57. The Kier molecular flexibility index (Phi) is 7.02. The van der Waals surface area contributed by atoms with Crippen LogP contribution in [0, 0.1) is 11.3 Å². The third-order valence-electron chi connectivity index (χ3n) is 1.55. The SMILES string of the molecule is CCOC(=O)/C(C#N)=C/OCC(C)OC. The van der Waals surface area contributed by atoms with Gasteiger partial charge in [-0.2, -0.15) is 5.26 Å². The molecular formula is C10H15NO4. The summed E-state index contributed by atoms with van der Waals surface area (Å²) in [5, 5.41) is 8.62. The van der Waals surface area contributed by atoms with E-state index in [0.29, 0.717) is 0 Å². The zero-order chi connectivity index (χ0) is 11.7. The number of ether oxygens (including phenoxy) is 3. The highest BCUT2D eigenvalue weighted by Crippen LogP contribution is 1.98. The predicted octanol–water partition coefficient (Wildman–Crippen LogP) is 1.01. The van der Waals surface area contributed by atoms with E-state index in [1.165, 1.54) is 0 Å². The maximum absolute atomic E-state index is 11.1. The second-order valence-electron chi connectivity index (χ2n) is 2.74. The summed E-state index contributed by atoms with van der Waals surface area (Å²) in [7, 11) is 1.55. The number of esters is 1. The van der Waals surface area contributed by atoms with Gasteiger partial charge in [0.15, 0.2) is 5.57 Å². The number of hydrogen-bond acceptors (Lipinski definition) is 5. The fraction of sp³-hybridized carbons (Fsp3) is 0.600. The number of carbonyl (C=O) groups is 1. The molecule has 0 fully saturated rings. The molecule has 0 N–H and O–H groups in total. The molecule has 0 aliphatic rings. The van der Waals surface area contributed by atoms with Gasteiger partial charge in [0.1, 0.15) is 18.9 Å². The van der Waals surface area contributed by atoms with Crippen molar-refractivity contribution in [2.24, 2.45) is 0 Å². The van der Waals surface area contributed by atoms with E-state index in [0.717, 1.165) is 6.26 Å². The summed E-state index contributed by atoms with van der Waals surface area (Å²) < 4.78 is 14.6. The zero-order valence-electron chi connectivity index (χ0n) is 9.15. The van der Waals surface area contributed by atoms with Gasteiger partial charge in [-0.1, -0.05) is 0 Å². The lowest BCUT2D eigenvalue weighted by Gasteiger charge is -2.08. The van der Waals surface area contributed by atoms with Gasteiger partial charge in [0, 0.05) is 7.11 Å². The number of nitriles is 1. The van der Waals surface area contributed by atoms with E-state index in [1.54, 1.807) is 20.1 Å².